The minimum absolute atomic E-state index is 0.0624. The number of rotatable bonds is 4. The lowest BCUT2D eigenvalue weighted by Crippen LogP contribution is -2.35. The van der Waals surface area contributed by atoms with E-state index < -0.39 is 24.2 Å². The van der Waals surface area contributed by atoms with Crippen LogP contribution in [0.4, 0.5) is 19.0 Å². The summed E-state index contributed by atoms with van der Waals surface area (Å²) in [5, 5.41) is 13.3. The molecular formula is C19H20BrF3N6OS. The van der Waals surface area contributed by atoms with Crippen LogP contribution in [0, 0.1) is 6.92 Å². The van der Waals surface area contributed by atoms with Crippen LogP contribution in [0.25, 0.3) is 0 Å². The Balaban J connectivity index is 1.67. The van der Waals surface area contributed by atoms with Gasteiger partial charge in [0.15, 0.2) is 11.7 Å². The second-order valence-electron chi connectivity index (χ2n) is 7.54. The number of anilines is 1. The maximum Gasteiger partial charge on any atom is 0.410 e. The standard InChI is InChI=1S/C19H20BrF3N6OS/c1-10-11(9-28(3)25-10)8-27(2)18(30)16-15(20)17-24-12(13-5-4-6-31-13)7-14(19(21,22)23)29(17)26-16/h4-6,9,12,14,24H,7-8H2,1-3H3/t12-,14+/m0/s1. The molecule has 0 spiro atoms. The predicted molar refractivity (Wildman–Crippen MR) is 114 cm³/mol. The number of fused-ring (bicyclic) bond motifs is 1. The van der Waals surface area contributed by atoms with E-state index in [-0.39, 0.29) is 29.0 Å². The number of aromatic nitrogens is 4. The van der Waals surface area contributed by atoms with Crippen molar-refractivity contribution in [2.75, 3.05) is 12.4 Å². The first-order chi connectivity index (χ1) is 14.6. The highest BCUT2D eigenvalue weighted by Gasteiger charge is 2.48. The van der Waals surface area contributed by atoms with Gasteiger partial charge in [-0.25, -0.2) is 4.68 Å². The van der Waals surface area contributed by atoms with Crippen LogP contribution in [0.15, 0.2) is 28.2 Å². The predicted octanol–water partition coefficient (Wildman–Crippen LogP) is 4.68. The fraction of sp³-hybridized carbons (Fsp3) is 0.421. The van der Waals surface area contributed by atoms with Crippen molar-refractivity contribution in [1.82, 2.24) is 24.5 Å². The summed E-state index contributed by atoms with van der Waals surface area (Å²) in [7, 11) is 3.37. The third-order valence-electron chi connectivity index (χ3n) is 5.25. The van der Waals surface area contributed by atoms with Crippen LogP contribution in [0.2, 0.25) is 0 Å². The maximum absolute atomic E-state index is 13.9. The molecule has 4 rings (SSSR count). The first-order valence-electron chi connectivity index (χ1n) is 9.45. The average molecular weight is 517 g/mol. The number of nitrogens with zero attached hydrogens (tertiary/aromatic N) is 5. The second kappa shape index (κ2) is 7.97. The highest BCUT2D eigenvalue weighted by atomic mass is 79.9. The number of carbonyl (C=O) groups excluding carboxylic acids is 1. The summed E-state index contributed by atoms with van der Waals surface area (Å²) in [5.74, 6) is -0.325. The monoisotopic (exact) mass is 516 g/mol. The SMILES string of the molecule is Cc1nn(C)cc1CN(C)C(=O)c1nn2c(c1Br)N[C@H](c1cccs1)C[C@@H]2C(F)(F)F. The Bertz CT molecular complexity index is 1110. The number of alkyl halides is 3. The number of hydrogen-bond acceptors (Lipinski definition) is 5. The van der Waals surface area contributed by atoms with Crippen LogP contribution in [0.3, 0.4) is 0 Å². The van der Waals surface area contributed by atoms with Gasteiger partial charge in [0.25, 0.3) is 5.91 Å². The van der Waals surface area contributed by atoms with Gasteiger partial charge in [-0.05, 0) is 34.3 Å². The molecule has 12 heteroatoms. The number of carbonyl (C=O) groups is 1. The molecule has 1 aliphatic rings. The lowest BCUT2D eigenvalue weighted by atomic mass is 10.0. The molecule has 1 N–H and O–H groups in total. The van der Waals surface area contributed by atoms with Crippen LogP contribution >= 0.6 is 27.3 Å². The molecule has 0 unspecified atom stereocenters. The van der Waals surface area contributed by atoms with E-state index in [9.17, 15) is 18.0 Å². The molecule has 31 heavy (non-hydrogen) atoms. The van der Waals surface area contributed by atoms with Gasteiger partial charge >= 0.3 is 6.18 Å². The third-order valence-corrected chi connectivity index (χ3v) is 6.99. The van der Waals surface area contributed by atoms with E-state index in [4.69, 9.17) is 0 Å². The van der Waals surface area contributed by atoms with Gasteiger partial charge in [-0.2, -0.15) is 23.4 Å². The molecule has 7 nitrogen and oxygen atoms in total. The molecule has 0 saturated heterocycles. The van der Waals surface area contributed by atoms with Crippen LogP contribution in [0.1, 0.15) is 45.1 Å². The zero-order valence-electron chi connectivity index (χ0n) is 16.9. The average Bonchev–Trinajstić information content (AvgIpc) is 3.40. The van der Waals surface area contributed by atoms with Gasteiger partial charge in [-0.15, -0.1) is 11.3 Å². The fourth-order valence-corrected chi connectivity index (χ4v) is 5.05. The van der Waals surface area contributed by atoms with Gasteiger partial charge in [0.1, 0.15) is 5.82 Å². The van der Waals surface area contributed by atoms with Gasteiger partial charge in [-0.1, -0.05) is 6.07 Å². The Morgan fingerprint density at radius 1 is 1.42 bits per heavy atom. The van der Waals surface area contributed by atoms with E-state index >= 15 is 0 Å². The van der Waals surface area contributed by atoms with Crippen molar-refractivity contribution in [2.45, 2.75) is 38.1 Å². The molecule has 2 atom stereocenters. The number of thiophene rings is 1. The van der Waals surface area contributed by atoms with E-state index in [0.29, 0.717) is 0 Å². The lowest BCUT2D eigenvalue weighted by Gasteiger charge is -2.33. The number of aryl methyl sites for hydroxylation is 2. The maximum atomic E-state index is 13.9. The van der Waals surface area contributed by atoms with Crippen LogP contribution in [-0.2, 0) is 13.6 Å². The van der Waals surface area contributed by atoms with Gasteiger partial charge in [0, 0.05) is 43.7 Å². The molecule has 1 aliphatic heterocycles. The minimum Gasteiger partial charge on any atom is -0.362 e. The molecule has 0 aromatic carbocycles. The van der Waals surface area contributed by atoms with E-state index in [1.54, 1.807) is 37.1 Å². The first-order valence-corrected chi connectivity index (χ1v) is 11.1. The van der Waals surface area contributed by atoms with E-state index in [1.807, 2.05) is 12.3 Å². The first kappa shape index (κ1) is 21.9. The molecule has 0 bridgehead atoms. The number of halogens is 4. The Morgan fingerprint density at radius 2 is 2.16 bits per heavy atom. The van der Waals surface area contributed by atoms with Crippen molar-refractivity contribution in [3.8, 4) is 0 Å². The zero-order chi connectivity index (χ0) is 22.5. The normalized spacial score (nSPS) is 18.5. The molecule has 4 heterocycles. The van der Waals surface area contributed by atoms with Gasteiger partial charge in [0.05, 0.1) is 16.2 Å². The molecule has 0 saturated carbocycles. The smallest absolute Gasteiger partial charge is 0.362 e. The van der Waals surface area contributed by atoms with E-state index in [2.05, 4.69) is 31.4 Å². The van der Waals surface area contributed by atoms with E-state index in [0.717, 1.165) is 20.8 Å². The summed E-state index contributed by atoms with van der Waals surface area (Å²) in [6.07, 6.45) is -2.90. The topological polar surface area (TPSA) is 68.0 Å². The lowest BCUT2D eigenvalue weighted by molar-refractivity contribution is -0.173. The van der Waals surface area contributed by atoms with Crippen molar-refractivity contribution in [1.29, 1.82) is 0 Å². The van der Waals surface area contributed by atoms with Crippen LogP contribution in [-0.4, -0.2) is 43.6 Å². The van der Waals surface area contributed by atoms with Crippen molar-refractivity contribution in [2.24, 2.45) is 7.05 Å². The minimum atomic E-state index is -4.50. The molecular weight excluding hydrogens is 497 g/mol. The Morgan fingerprint density at radius 3 is 2.74 bits per heavy atom. The summed E-state index contributed by atoms with van der Waals surface area (Å²) in [6, 6.07) is 1.24. The van der Waals surface area contributed by atoms with Gasteiger partial charge in [0.2, 0.25) is 0 Å². The molecule has 166 valence electrons. The molecule has 0 radical (unpaired) electrons. The molecule has 0 fully saturated rings. The number of hydrogen-bond donors (Lipinski definition) is 1. The fourth-order valence-electron chi connectivity index (χ4n) is 3.71. The van der Waals surface area contributed by atoms with E-state index in [1.165, 1.54) is 16.2 Å². The quantitative estimate of drug-likeness (QED) is 0.546. The molecule has 3 aromatic rings. The summed E-state index contributed by atoms with van der Waals surface area (Å²) >= 11 is 4.71. The summed E-state index contributed by atoms with van der Waals surface area (Å²) in [6.45, 7) is 2.10. The van der Waals surface area contributed by atoms with Crippen molar-refractivity contribution in [3.63, 3.8) is 0 Å². The Labute approximate surface area is 189 Å². The van der Waals surface area contributed by atoms with Crippen LogP contribution < -0.4 is 5.32 Å². The highest BCUT2D eigenvalue weighted by Crippen LogP contribution is 2.47. The number of nitrogens with one attached hydrogen (secondary N) is 1. The second-order valence-corrected chi connectivity index (χ2v) is 9.31. The Kier molecular flexibility index (Phi) is 5.63. The Hall–Kier alpha value is -2.34. The molecule has 0 aliphatic carbocycles. The van der Waals surface area contributed by atoms with Crippen molar-refractivity contribution < 1.29 is 18.0 Å². The van der Waals surface area contributed by atoms with Gasteiger partial charge in [-0.3, -0.25) is 9.48 Å². The zero-order valence-corrected chi connectivity index (χ0v) is 19.3. The van der Waals surface area contributed by atoms with Crippen molar-refractivity contribution in [3.05, 3.63) is 50.0 Å². The highest BCUT2D eigenvalue weighted by molar-refractivity contribution is 9.10. The van der Waals surface area contributed by atoms with Gasteiger partial charge < -0.3 is 10.2 Å². The van der Waals surface area contributed by atoms with Crippen molar-refractivity contribution >= 4 is 39.0 Å². The summed E-state index contributed by atoms with van der Waals surface area (Å²) in [4.78, 5) is 15.3. The molecule has 1 amide bonds. The van der Waals surface area contributed by atoms with Crippen LogP contribution in [0.5, 0.6) is 0 Å². The number of amides is 1. The third kappa shape index (κ3) is 4.10. The molecule has 3 aromatic heterocycles. The summed E-state index contributed by atoms with van der Waals surface area (Å²) < 4.78 is 44.3. The largest absolute Gasteiger partial charge is 0.410 e. The summed E-state index contributed by atoms with van der Waals surface area (Å²) in [5.41, 5.74) is 1.57.